The van der Waals surface area contributed by atoms with Gasteiger partial charge in [-0.05, 0) is 24.3 Å². The molecule has 36 heavy (non-hydrogen) atoms. The number of ketones is 1. The largest absolute Gasteiger partial charge is 0.376 e. The Labute approximate surface area is 201 Å². The lowest BCUT2D eigenvalue weighted by atomic mass is 10.1. The van der Waals surface area contributed by atoms with Gasteiger partial charge in [0.25, 0.3) is 22.5 Å². The number of carbonyl (C=O) groups excluding carboxylic acids is 2. The summed E-state index contributed by atoms with van der Waals surface area (Å²) < 4.78 is 42.0. The summed E-state index contributed by atoms with van der Waals surface area (Å²) in [6.45, 7) is 0.124. The molecule has 1 saturated heterocycles. The molecule has 1 aliphatic heterocycles. The number of rotatable bonds is 6. The standard InChI is InChI=1S/C25H19F3N4O4/c26-15-3-1-4-16(27)13(15)11-30-20-21(24(35)23(20)34)31-7-9-32(10-8-31)25(36)22(33)14-12-29-18-6-2-5-17(28)19(14)18/h1-6,12,29-30H,7-11H2. The number of halogens is 3. The van der Waals surface area contributed by atoms with Gasteiger partial charge in [0.1, 0.15) is 28.8 Å². The molecule has 0 radical (unpaired) electrons. The van der Waals surface area contributed by atoms with Gasteiger partial charge in [0.15, 0.2) is 0 Å². The van der Waals surface area contributed by atoms with Crippen molar-refractivity contribution in [2.75, 3.05) is 36.4 Å². The molecule has 1 aliphatic rings. The summed E-state index contributed by atoms with van der Waals surface area (Å²) in [7, 11) is 0. The van der Waals surface area contributed by atoms with E-state index in [0.29, 0.717) is 5.52 Å². The Morgan fingerprint density at radius 2 is 1.53 bits per heavy atom. The maximum absolute atomic E-state index is 14.2. The number of fused-ring (bicyclic) bond motifs is 1. The normalized spacial score (nSPS) is 14.0. The molecule has 0 bridgehead atoms. The van der Waals surface area contributed by atoms with Crippen molar-refractivity contribution in [2.45, 2.75) is 6.54 Å². The first-order chi connectivity index (χ1) is 17.3. The number of Topliss-reactive ketones (excluding diaryl/α,β-unsaturated/α-hetero) is 1. The number of nitrogens with one attached hydrogen (secondary N) is 2. The van der Waals surface area contributed by atoms with Gasteiger partial charge in [-0.15, -0.1) is 0 Å². The fourth-order valence-electron chi connectivity index (χ4n) is 4.43. The lowest BCUT2D eigenvalue weighted by Crippen LogP contribution is -2.54. The number of aromatic nitrogens is 1. The molecular weight excluding hydrogens is 477 g/mol. The Balaban J connectivity index is 1.27. The van der Waals surface area contributed by atoms with Crippen LogP contribution in [0.25, 0.3) is 10.9 Å². The highest BCUT2D eigenvalue weighted by Crippen LogP contribution is 2.25. The zero-order chi connectivity index (χ0) is 25.6. The number of hydrogen-bond acceptors (Lipinski definition) is 6. The van der Waals surface area contributed by atoms with Crippen LogP contribution in [0.1, 0.15) is 15.9 Å². The maximum Gasteiger partial charge on any atom is 0.295 e. The van der Waals surface area contributed by atoms with Gasteiger partial charge in [-0.3, -0.25) is 19.2 Å². The van der Waals surface area contributed by atoms with E-state index < -0.39 is 40.0 Å². The van der Waals surface area contributed by atoms with Gasteiger partial charge in [0, 0.05) is 55.4 Å². The van der Waals surface area contributed by atoms with Crippen LogP contribution in [0.3, 0.4) is 0 Å². The van der Waals surface area contributed by atoms with Gasteiger partial charge in [-0.25, -0.2) is 13.2 Å². The summed E-state index contributed by atoms with van der Waals surface area (Å²) in [5.74, 6) is -3.85. The van der Waals surface area contributed by atoms with Crippen LogP contribution in [0, 0.1) is 17.5 Å². The molecule has 5 rings (SSSR count). The number of amides is 1. The van der Waals surface area contributed by atoms with Crippen molar-refractivity contribution in [1.82, 2.24) is 9.88 Å². The van der Waals surface area contributed by atoms with E-state index in [4.69, 9.17) is 0 Å². The van der Waals surface area contributed by atoms with E-state index in [2.05, 4.69) is 10.3 Å². The minimum Gasteiger partial charge on any atom is -0.376 e. The first kappa shape index (κ1) is 23.3. The summed E-state index contributed by atoms with van der Waals surface area (Å²) in [4.78, 5) is 55.6. The smallest absolute Gasteiger partial charge is 0.295 e. The van der Waals surface area contributed by atoms with E-state index in [9.17, 15) is 32.3 Å². The van der Waals surface area contributed by atoms with Gasteiger partial charge in [-0.2, -0.15) is 0 Å². The fourth-order valence-corrected chi connectivity index (χ4v) is 4.43. The second-order valence-corrected chi connectivity index (χ2v) is 8.41. The lowest BCUT2D eigenvalue weighted by molar-refractivity contribution is -0.126. The minimum absolute atomic E-state index is 0.0419. The fraction of sp³-hybridized carbons (Fsp3) is 0.200. The second kappa shape index (κ2) is 8.99. The monoisotopic (exact) mass is 496 g/mol. The number of piperazine rings is 1. The Bertz CT molecular complexity index is 1560. The van der Waals surface area contributed by atoms with Crippen LogP contribution < -0.4 is 21.1 Å². The highest BCUT2D eigenvalue weighted by atomic mass is 19.1. The molecule has 11 heteroatoms. The van der Waals surface area contributed by atoms with Crippen LogP contribution in [0.2, 0.25) is 0 Å². The molecule has 184 valence electrons. The summed E-state index contributed by atoms with van der Waals surface area (Å²) >= 11 is 0. The summed E-state index contributed by atoms with van der Waals surface area (Å²) in [6, 6.07) is 7.68. The van der Waals surface area contributed by atoms with Gasteiger partial charge >= 0.3 is 0 Å². The second-order valence-electron chi connectivity index (χ2n) is 8.41. The van der Waals surface area contributed by atoms with E-state index in [1.807, 2.05) is 0 Å². The predicted molar refractivity (Wildman–Crippen MR) is 126 cm³/mol. The number of anilines is 2. The topological polar surface area (TPSA) is 103 Å². The Kier molecular flexibility index (Phi) is 5.83. The zero-order valence-corrected chi connectivity index (χ0v) is 18.7. The van der Waals surface area contributed by atoms with E-state index in [1.54, 1.807) is 11.0 Å². The molecule has 4 aromatic rings. The Hall–Kier alpha value is -4.41. The van der Waals surface area contributed by atoms with Crippen LogP contribution in [-0.2, 0) is 11.3 Å². The number of H-pyrrole nitrogens is 1. The SMILES string of the molecule is O=C(C(=O)N1CCN(c2c(NCc3c(F)cccc3F)c(=O)c2=O)CC1)c1c[nH]c2cccc(F)c12. The maximum atomic E-state index is 14.2. The third-order valence-electron chi connectivity index (χ3n) is 6.37. The van der Waals surface area contributed by atoms with Crippen molar-refractivity contribution >= 4 is 34.0 Å². The third-order valence-corrected chi connectivity index (χ3v) is 6.37. The van der Waals surface area contributed by atoms with Crippen molar-refractivity contribution in [1.29, 1.82) is 0 Å². The molecule has 1 fully saturated rings. The highest BCUT2D eigenvalue weighted by molar-refractivity contribution is 6.44. The Morgan fingerprint density at radius 3 is 2.22 bits per heavy atom. The van der Waals surface area contributed by atoms with Crippen molar-refractivity contribution < 1.29 is 22.8 Å². The number of nitrogens with zero attached hydrogens (tertiary/aromatic N) is 2. The first-order valence-corrected chi connectivity index (χ1v) is 11.1. The van der Waals surface area contributed by atoms with Gasteiger partial charge in [-0.1, -0.05) is 12.1 Å². The predicted octanol–water partition coefficient (Wildman–Crippen LogP) is 2.32. The molecule has 0 aliphatic carbocycles. The van der Waals surface area contributed by atoms with Crippen LogP contribution in [-0.4, -0.2) is 47.8 Å². The summed E-state index contributed by atoms with van der Waals surface area (Å²) in [6.07, 6.45) is 1.30. The molecule has 0 saturated carbocycles. The van der Waals surface area contributed by atoms with Gasteiger partial charge in [0.05, 0.1) is 5.56 Å². The third kappa shape index (κ3) is 3.82. The van der Waals surface area contributed by atoms with Crippen LogP contribution in [0.15, 0.2) is 52.2 Å². The summed E-state index contributed by atoms with van der Waals surface area (Å²) in [5.41, 5.74) is -1.44. The van der Waals surface area contributed by atoms with Crippen molar-refractivity contribution in [2.24, 2.45) is 0 Å². The van der Waals surface area contributed by atoms with E-state index >= 15 is 0 Å². The lowest BCUT2D eigenvalue weighted by Gasteiger charge is -2.36. The van der Waals surface area contributed by atoms with Crippen LogP contribution in [0.4, 0.5) is 24.5 Å². The van der Waals surface area contributed by atoms with Crippen LogP contribution in [0.5, 0.6) is 0 Å². The summed E-state index contributed by atoms with van der Waals surface area (Å²) in [5, 5.41) is 2.69. The van der Waals surface area contributed by atoms with Crippen molar-refractivity contribution in [3.05, 3.63) is 91.6 Å². The number of carbonyl (C=O) groups is 2. The quantitative estimate of drug-likeness (QED) is 0.314. The van der Waals surface area contributed by atoms with Crippen molar-refractivity contribution in [3.8, 4) is 0 Å². The van der Waals surface area contributed by atoms with E-state index in [0.717, 1.165) is 12.1 Å². The molecule has 1 aromatic heterocycles. The molecule has 1 amide bonds. The number of benzene rings is 2. The Morgan fingerprint density at radius 1 is 0.889 bits per heavy atom. The highest BCUT2D eigenvalue weighted by Gasteiger charge is 2.32. The average Bonchev–Trinajstić information content (AvgIpc) is 3.32. The average molecular weight is 496 g/mol. The molecule has 2 heterocycles. The van der Waals surface area contributed by atoms with Crippen molar-refractivity contribution in [3.63, 3.8) is 0 Å². The minimum atomic E-state index is -0.858. The number of aromatic amines is 1. The molecule has 0 unspecified atom stereocenters. The van der Waals surface area contributed by atoms with E-state index in [1.165, 1.54) is 29.3 Å². The zero-order valence-electron chi connectivity index (χ0n) is 18.7. The van der Waals surface area contributed by atoms with Gasteiger partial charge in [0.2, 0.25) is 0 Å². The molecule has 0 spiro atoms. The van der Waals surface area contributed by atoms with E-state index in [-0.39, 0.29) is 60.6 Å². The molecule has 8 nitrogen and oxygen atoms in total. The van der Waals surface area contributed by atoms with Crippen LogP contribution >= 0.6 is 0 Å². The number of hydrogen-bond donors (Lipinski definition) is 2. The molecule has 0 atom stereocenters. The molecule has 3 aromatic carbocycles. The molecular formula is C25H19F3N4O4. The first-order valence-electron chi connectivity index (χ1n) is 11.1. The molecule has 2 N–H and O–H groups in total. The van der Waals surface area contributed by atoms with Gasteiger partial charge < -0.3 is 20.1 Å².